The number of anilines is 1. The normalized spacial score (nSPS) is 11.0. The van der Waals surface area contributed by atoms with E-state index in [1.807, 2.05) is 30.3 Å². The molecule has 0 aliphatic carbocycles. The Bertz CT molecular complexity index is 672. The Balaban J connectivity index is 2.09. The highest BCUT2D eigenvalue weighted by Crippen LogP contribution is 2.23. The number of halogens is 1. The molecular formula is C16H18BrN3O3. The lowest BCUT2D eigenvalue weighted by atomic mass is 10.2. The van der Waals surface area contributed by atoms with Crippen molar-refractivity contribution in [3.63, 3.8) is 0 Å². The minimum Gasteiger partial charge on any atom is -0.470 e. The molecule has 7 heteroatoms. The minimum atomic E-state index is -0.612. The van der Waals surface area contributed by atoms with Crippen LogP contribution in [0.3, 0.4) is 0 Å². The predicted octanol–water partition coefficient (Wildman–Crippen LogP) is 4.17. The number of carbonyl (C=O) groups is 1. The number of nitrogens with one attached hydrogen (secondary N) is 1. The Morgan fingerprint density at radius 1 is 1.26 bits per heavy atom. The van der Waals surface area contributed by atoms with Gasteiger partial charge in [0.2, 0.25) is 0 Å². The SMILES string of the molecule is CC(C)(C)OC(=O)Nc1ncc(Br)nc1OCc1ccccc1. The van der Waals surface area contributed by atoms with Crippen molar-refractivity contribution >= 4 is 27.8 Å². The van der Waals surface area contributed by atoms with Crippen molar-refractivity contribution in [2.24, 2.45) is 0 Å². The number of hydrogen-bond acceptors (Lipinski definition) is 5. The number of hydrogen-bond donors (Lipinski definition) is 1. The maximum atomic E-state index is 11.9. The van der Waals surface area contributed by atoms with Gasteiger partial charge in [-0.2, -0.15) is 0 Å². The number of benzene rings is 1. The first kappa shape index (κ1) is 17.2. The van der Waals surface area contributed by atoms with Gasteiger partial charge in [0.1, 0.15) is 16.8 Å². The van der Waals surface area contributed by atoms with Crippen LogP contribution < -0.4 is 10.1 Å². The summed E-state index contributed by atoms with van der Waals surface area (Å²) in [5.74, 6) is 0.424. The Labute approximate surface area is 143 Å². The van der Waals surface area contributed by atoms with E-state index in [4.69, 9.17) is 9.47 Å². The second kappa shape index (κ2) is 7.41. The molecule has 0 aliphatic rings. The molecule has 0 aliphatic heterocycles. The molecule has 2 aromatic rings. The number of carbonyl (C=O) groups excluding carboxylic acids is 1. The van der Waals surface area contributed by atoms with Crippen LogP contribution in [0, 0.1) is 0 Å². The number of rotatable bonds is 4. The minimum absolute atomic E-state index is 0.207. The van der Waals surface area contributed by atoms with E-state index in [9.17, 15) is 4.79 Å². The van der Waals surface area contributed by atoms with E-state index in [1.165, 1.54) is 6.20 Å². The molecular weight excluding hydrogens is 362 g/mol. The lowest BCUT2D eigenvalue weighted by molar-refractivity contribution is 0.0634. The van der Waals surface area contributed by atoms with Crippen LogP contribution in [0.4, 0.5) is 10.6 Å². The number of aromatic nitrogens is 2. The summed E-state index contributed by atoms with van der Waals surface area (Å²) in [6.45, 7) is 5.67. The van der Waals surface area contributed by atoms with Crippen molar-refractivity contribution in [3.8, 4) is 5.88 Å². The van der Waals surface area contributed by atoms with Crippen LogP contribution in [-0.2, 0) is 11.3 Å². The summed E-state index contributed by atoms with van der Waals surface area (Å²) in [4.78, 5) is 20.2. The molecule has 1 amide bonds. The zero-order chi connectivity index (χ0) is 16.9. The van der Waals surface area contributed by atoms with Crippen LogP contribution in [0.2, 0.25) is 0 Å². The Morgan fingerprint density at radius 3 is 2.61 bits per heavy atom. The molecule has 1 heterocycles. The molecule has 0 bridgehead atoms. The molecule has 1 aromatic heterocycles. The second-order valence-corrected chi connectivity index (χ2v) is 6.56. The molecule has 6 nitrogen and oxygen atoms in total. The number of amides is 1. The first-order chi connectivity index (χ1) is 10.8. The molecule has 0 saturated carbocycles. The Morgan fingerprint density at radius 2 is 1.96 bits per heavy atom. The third-order valence-electron chi connectivity index (χ3n) is 2.55. The number of ether oxygens (including phenoxy) is 2. The first-order valence-corrected chi connectivity index (χ1v) is 7.82. The maximum Gasteiger partial charge on any atom is 0.413 e. The average molecular weight is 380 g/mol. The van der Waals surface area contributed by atoms with Crippen molar-refractivity contribution in [2.75, 3.05) is 5.32 Å². The van der Waals surface area contributed by atoms with E-state index < -0.39 is 11.7 Å². The molecule has 0 atom stereocenters. The molecule has 0 unspecified atom stereocenters. The van der Waals surface area contributed by atoms with Crippen LogP contribution >= 0.6 is 15.9 Å². The molecule has 2 rings (SSSR count). The molecule has 1 aromatic carbocycles. The van der Waals surface area contributed by atoms with Gasteiger partial charge in [0.25, 0.3) is 5.88 Å². The van der Waals surface area contributed by atoms with E-state index in [-0.39, 0.29) is 11.7 Å². The van der Waals surface area contributed by atoms with Crippen LogP contribution in [0.25, 0.3) is 0 Å². The lowest BCUT2D eigenvalue weighted by Gasteiger charge is -2.19. The quantitative estimate of drug-likeness (QED) is 0.862. The molecule has 0 spiro atoms. The summed E-state index contributed by atoms with van der Waals surface area (Å²) < 4.78 is 11.4. The van der Waals surface area contributed by atoms with E-state index in [0.29, 0.717) is 11.2 Å². The molecule has 0 saturated heterocycles. The summed E-state index contributed by atoms with van der Waals surface area (Å²) in [5.41, 5.74) is 0.385. The molecule has 122 valence electrons. The average Bonchev–Trinajstić information content (AvgIpc) is 2.46. The highest BCUT2D eigenvalue weighted by Gasteiger charge is 2.19. The van der Waals surface area contributed by atoms with Crippen molar-refractivity contribution < 1.29 is 14.3 Å². The summed E-state index contributed by atoms with van der Waals surface area (Å²) in [6, 6.07) is 9.65. The first-order valence-electron chi connectivity index (χ1n) is 7.03. The van der Waals surface area contributed by atoms with Gasteiger partial charge < -0.3 is 9.47 Å². The largest absolute Gasteiger partial charge is 0.470 e. The highest BCUT2D eigenvalue weighted by atomic mass is 79.9. The highest BCUT2D eigenvalue weighted by molar-refractivity contribution is 9.10. The van der Waals surface area contributed by atoms with E-state index >= 15 is 0 Å². The van der Waals surface area contributed by atoms with Crippen molar-refractivity contribution in [1.29, 1.82) is 0 Å². The van der Waals surface area contributed by atoms with Gasteiger partial charge in [0, 0.05) is 0 Å². The van der Waals surface area contributed by atoms with Gasteiger partial charge in [0.15, 0.2) is 5.82 Å². The summed E-state index contributed by atoms with van der Waals surface area (Å²) in [5, 5.41) is 2.55. The third-order valence-corrected chi connectivity index (χ3v) is 2.93. The van der Waals surface area contributed by atoms with Gasteiger partial charge >= 0.3 is 6.09 Å². The van der Waals surface area contributed by atoms with Crippen molar-refractivity contribution in [2.45, 2.75) is 33.0 Å². The molecule has 23 heavy (non-hydrogen) atoms. The summed E-state index contributed by atoms with van der Waals surface area (Å²) >= 11 is 3.24. The van der Waals surface area contributed by atoms with Gasteiger partial charge in [-0.15, -0.1) is 0 Å². The van der Waals surface area contributed by atoms with Crippen LogP contribution in [0.15, 0.2) is 41.1 Å². The zero-order valence-electron chi connectivity index (χ0n) is 13.2. The maximum absolute atomic E-state index is 11.9. The van der Waals surface area contributed by atoms with E-state index in [2.05, 4.69) is 31.2 Å². The fourth-order valence-electron chi connectivity index (χ4n) is 1.66. The fraction of sp³-hybridized carbons (Fsp3) is 0.312. The third kappa shape index (κ3) is 5.86. The molecule has 0 fully saturated rings. The standard InChI is InChI=1S/C16H18BrN3O3/c1-16(2,3)23-15(21)20-13-14(19-12(17)9-18-13)22-10-11-7-5-4-6-8-11/h4-9H,10H2,1-3H3,(H,18,20,21). The monoisotopic (exact) mass is 379 g/mol. The van der Waals surface area contributed by atoms with Crippen LogP contribution in [-0.4, -0.2) is 21.7 Å². The molecule has 1 N–H and O–H groups in total. The smallest absolute Gasteiger partial charge is 0.413 e. The second-order valence-electron chi connectivity index (χ2n) is 5.75. The van der Waals surface area contributed by atoms with E-state index in [0.717, 1.165) is 5.56 Å². The topological polar surface area (TPSA) is 73.3 Å². The predicted molar refractivity (Wildman–Crippen MR) is 90.4 cm³/mol. The van der Waals surface area contributed by atoms with Crippen molar-refractivity contribution in [3.05, 3.63) is 46.7 Å². The summed E-state index contributed by atoms with van der Waals surface area (Å²) in [7, 11) is 0. The van der Waals surface area contributed by atoms with Gasteiger partial charge in [-0.3, -0.25) is 5.32 Å². The van der Waals surface area contributed by atoms with Gasteiger partial charge in [-0.25, -0.2) is 14.8 Å². The lowest BCUT2D eigenvalue weighted by Crippen LogP contribution is -2.27. The van der Waals surface area contributed by atoms with Crippen LogP contribution in [0.5, 0.6) is 5.88 Å². The zero-order valence-corrected chi connectivity index (χ0v) is 14.8. The van der Waals surface area contributed by atoms with Gasteiger partial charge in [0.05, 0.1) is 6.20 Å². The Kier molecular flexibility index (Phi) is 5.54. The van der Waals surface area contributed by atoms with Gasteiger partial charge in [-0.05, 0) is 42.3 Å². The van der Waals surface area contributed by atoms with Crippen molar-refractivity contribution in [1.82, 2.24) is 9.97 Å². The van der Waals surface area contributed by atoms with Gasteiger partial charge in [-0.1, -0.05) is 30.3 Å². The molecule has 0 radical (unpaired) electrons. The summed E-state index contributed by atoms with van der Waals surface area (Å²) in [6.07, 6.45) is 0.862. The Hall–Kier alpha value is -2.15. The fourth-order valence-corrected chi connectivity index (χ4v) is 1.93. The van der Waals surface area contributed by atoms with Crippen LogP contribution in [0.1, 0.15) is 26.3 Å². The van der Waals surface area contributed by atoms with E-state index in [1.54, 1.807) is 20.8 Å². The number of nitrogens with zero attached hydrogens (tertiary/aromatic N) is 2.